The number of piperidine rings is 1. The standard InChI is InChI=1S/C20H24N4/c1-15(2)16-8-10-17(11-9-16)22-19-6-4-12-24(14-19)20-7-3-5-18(13-21)23-20/h3,5,7-11,15,19,22H,4,6,12,14H2,1-2H3/t19-/m0/s1. The fourth-order valence-electron chi connectivity index (χ4n) is 3.16. The van der Waals surface area contributed by atoms with E-state index >= 15 is 0 Å². The highest BCUT2D eigenvalue weighted by molar-refractivity contribution is 5.48. The van der Waals surface area contributed by atoms with Crippen molar-refractivity contribution in [1.29, 1.82) is 5.26 Å². The fourth-order valence-corrected chi connectivity index (χ4v) is 3.16. The SMILES string of the molecule is CC(C)c1ccc(N[C@H]2CCCN(c3cccc(C#N)n3)C2)cc1. The van der Waals surface area contributed by atoms with E-state index in [1.165, 1.54) is 11.3 Å². The lowest BCUT2D eigenvalue weighted by molar-refractivity contribution is 0.526. The minimum absolute atomic E-state index is 0.399. The highest BCUT2D eigenvalue weighted by Gasteiger charge is 2.21. The molecule has 0 radical (unpaired) electrons. The van der Waals surface area contributed by atoms with Gasteiger partial charge >= 0.3 is 0 Å². The number of rotatable bonds is 4. The first-order chi connectivity index (χ1) is 11.7. The van der Waals surface area contributed by atoms with E-state index < -0.39 is 0 Å². The van der Waals surface area contributed by atoms with Gasteiger partial charge in [0.25, 0.3) is 0 Å². The van der Waals surface area contributed by atoms with Crippen LogP contribution >= 0.6 is 0 Å². The molecular formula is C20H24N4. The third kappa shape index (κ3) is 3.86. The summed E-state index contributed by atoms with van der Waals surface area (Å²) >= 11 is 0. The third-order valence-electron chi connectivity index (χ3n) is 4.54. The van der Waals surface area contributed by atoms with Crippen molar-refractivity contribution in [3.8, 4) is 6.07 Å². The molecule has 1 fully saturated rings. The number of nitriles is 1. The molecular weight excluding hydrogens is 296 g/mol. The van der Waals surface area contributed by atoms with Gasteiger partial charge in [0.2, 0.25) is 0 Å². The van der Waals surface area contributed by atoms with Gasteiger partial charge in [0.05, 0.1) is 0 Å². The summed E-state index contributed by atoms with van der Waals surface area (Å²) in [5, 5.41) is 12.7. The number of benzene rings is 1. The molecule has 1 aromatic carbocycles. The van der Waals surface area contributed by atoms with E-state index in [2.05, 4.69) is 59.4 Å². The van der Waals surface area contributed by atoms with Crippen molar-refractivity contribution in [2.24, 2.45) is 0 Å². The summed E-state index contributed by atoms with van der Waals surface area (Å²) < 4.78 is 0. The summed E-state index contributed by atoms with van der Waals surface area (Å²) in [6.07, 6.45) is 2.28. The largest absolute Gasteiger partial charge is 0.381 e. The van der Waals surface area contributed by atoms with Crippen molar-refractivity contribution < 1.29 is 0 Å². The van der Waals surface area contributed by atoms with Crippen LogP contribution in [0.25, 0.3) is 0 Å². The predicted octanol–water partition coefficient (Wildman–Crippen LogP) is 4.16. The minimum atomic E-state index is 0.399. The zero-order chi connectivity index (χ0) is 16.9. The quantitative estimate of drug-likeness (QED) is 0.919. The Morgan fingerprint density at radius 3 is 2.71 bits per heavy atom. The maximum absolute atomic E-state index is 9.03. The van der Waals surface area contributed by atoms with Crippen LogP contribution in [0, 0.1) is 11.3 Å². The van der Waals surface area contributed by atoms with Crippen molar-refractivity contribution in [1.82, 2.24) is 4.98 Å². The van der Waals surface area contributed by atoms with Crippen molar-refractivity contribution in [3.63, 3.8) is 0 Å². The lowest BCUT2D eigenvalue weighted by Gasteiger charge is -2.34. The van der Waals surface area contributed by atoms with Crippen LogP contribution in [0.15, 0.2) is 42.5 Å². The van der Waals surface area contributed by atoms with Crippen LogP contribution in [0.5, 0.6) is 0 Å². The van der Waals surface area contributed by atoms with Crippen LogP contribution in [0.2, 0.25) is 0 Å². The number of nitrogens with one attached hydrogen (secondary N) is 1. The van der Waals surface area contributed by atoms with Gasteiger partial charge in [-0.3, -0.25) is 0 Å². The van der Waals surface area contributed by atoms with E-state index in [4.69, 9.17) is 5.26 Å². The molecule has 0 bridgehead atoms. The number of anilines is 2. The number of aromatic nitrogens is 1. The van der Waals surface area contributed by atoms with Gasteiger partial charge in [0, 0.05) is 24.8 Å². The molecule has 0 aliphatic carbocycles. The Balaban J connectivity index is 1.66. The van der Waals surface area contributed by atoms with Gasteiger partial charge in [-0.25, -0.2) is 4.98 Å². The highest BCUT2D eigenvalue weighted by atomic mass is 15.2. The average molecular weight is 320 g/mol. The molecule has 0 unspecified atom stereocenters. The summed E-state index contributed by atoms with van der Waals surface area (Å²) in [6, 6.07) is 16.9. The maximum Gasteiger partial charge on any atom is 0.142 e. The van der Waals surface area contributed by atoms with E-state index in [9.17, 15) is 0 Å². The first kappa shape index (κ1) is 16.3. The van der Waals surface area contributed by atoms with E-state index in [0.29, 0.717) is 17.7 Å². The molecule has 1 atom stereocenters. The first-order valence-electron chi connectivity index (χ1n) is 8.64. The zero-order valence-corrected chi connectivity index (χ0v) is 14.4. The molecule has 24 heavy (non-hydrogen) atoms. The fraction of sp³-hybridized carbons (Fsp3) is 0.400. The van der Waals surface area contributed by atoms with Crippen molar-refractivity contribution >= 4 is 11.5 Å². The summed E-state index contributed by atoms with van der Waals surface area (Å²) in [5.41, 5.74) is 3.01. The predicted molar refractivity (Wildman–Crippen MR) is 98.3 cm³/mol. The Hall–Kier alpha value is -2.54. The molecule has 4 heteroatoms. The van der Waals surface area contributed by atoms with Crippen molar-refractivity contribution in [2.75, 3.05) is 23.3 Å². The monoisotopic (exact) mass is 320 g/mol. The number of pyridine rings is 1. The summed E-state index contributed by atoms with van der Waals surface area (Å²) in [4.78, 5) is 6.69. The van der Waals surface area contributed by atoms with Crippen LogP contribution < -0.4 is 10.2 Å². The maximum atomic E-state index is 9.03. The van der Waals surface area contributed by atoms with E-state index in [1.807, 2.05) is 12.1 Å². The molecule has 0 amide bonds. The Bertz CT molecular complexity index is 715. The summed E-state index contributed by atoms with van der Waals surface area (Å²) in [5.74, 6) is 1.46. The number of hydrogen-bond donors (Lipinski definition) is 1. The molecule has 0 spiro atoms. The van der Waals surface area contributed by atoms with E-state index in [1.54, 1.807) is 6.07 Å². The number of hydrogen-bond acceptors (Lipinski definition) is 4. The molecule has 124 valence electrons. The second-order valence-corrected chi connectivity index (χ2v) is 6.70. The van der Waals surface area contributed by atoms with Crippen LogP contribution in [-0.2, 0) is 0 Å². The lowest BCUT2D eigenvalue weighted by Crippen LogP contribution is -2.42. The Kier molecular flexibility index (Phi) is 5.00. The normalized spacial score (nSPS) is 17.6. The minimum Gasteiger partial charge on any atom is -0.381 e. The van der Waals surface area contributed by atoms with Crippen molar-refractivity contribution in [2.45, 2.75) is 38.6 Å². The van der Waals surface area contributed by atoms with E-state index in [0.717, 1.165) is 31.7 Å². The third-order valence-corrected chi connectivity index (χ3v) is 4.54. The Morgan fingerprint density at radius 2 is 2.00 bits per heavy atom. The first-order valence-corrected chi connectivity index (χ1v) is 8.64. The molecule has 1 aliphatic rings. The Morgan fingerprint density at radius 1 is 1.21 bits per heavy atom. The average Bonchev–Trinajstić information content (AvgIpc) is 2.62. The Labute approximate surface area is 144 Å². The van der Waals surface area contributed by atoms with Gasteiger partial charge in [0.1, 0.15) is 17.6 Å². The van der Waals surface area contributed by atoms with Crippen LogP contribution in [0.4, 0.5) is 11.5 Å². The molecule has 4 nitrogen and oxygen atoms in total. The summed E-state index contributed by atoms with van der Waals surface area (Å²) in [7, 11) is 0. The second kappa shape index (κ2) is 7.35. The molecule has 2 aromatic rings. The second-order valence-electron chi connectivity index (χ2n) is 6.70. The topological polar surface area (TPSA) is 52.0 Å². The molecule has 1 saturated heterocycles. The van der Waals surface area contributed by atoms with Crippen LogP contribution in [-0.4, -0.2) is 24.1 Å². The molecule has 1 N–H and O–H groups in total. The summed E-state index contributed by atoms with van der Waals surface area (Å²) in [6.45, 7) is 6.33. The molecule has 1 aliphatic heterocycles. The van der Waals surface area contributed by atoms with Gasteiger partial charge in [-0.15, -0.1) is 0 Å². The van der Waals surface area contributed by atoms with Crippen molar-refractivity contribution in [3.05, 3.63) is 53.7 Å². The van der Waals surface area contributed by atoms with Gasteiger partial charge < -0.3 is 10.2 Å². The highest BCUT2D eigenvalue weighted by Crippen LogP contribution is 2.22. The molecule has 0 saturated carbocycles. The van der Waals surface area contributed by atoms with Gasteiger partial charge in [-0.05, 0) is 48.6 Å². The van der Waals surface area contributed by atoms with Gasteiger partial charge in [0.15, 0.2) is 0 Å². The molecule has 3 rings (SSSR count). The smallest absolute Gasteiger partial charge is 0.142 e. The van der Waals surface area contributed by atoms with Crippen LogP contribution in [0.1, 0.15) is 43.9 Å². The van der Waals surface area contributed by atoms with E-state index in [-0.39, 0.29) is 0 Å². The van der Waals surface area contributed by atoms with Gasteiger partial charge in [-0.1, -0.05) is 32.0 Å². The molecule has 2 heterocycles. The lowest BCUT2D eigenvalue weighted by atomic mass is 10.0. The van der Waals surface area contributed by atoms with Crippen LogP contribution in [0.3, 0.4) is 0 Å². The zero-order valence-electron chi connectivity index (χ0n) is 14.4. The number of nitrogens with zero attached hydrogens (tertiary/aromatic N) is 3. The van der Waals surface area contributed by atoms with Gasteiger partial charge in [-0.2, -0.15) is 5.26 Å². The molecule has 1 aromatic heterocycles.